The van der Waals surface area contributed by atoms with E-state index in [-0.39, 0.29) is 34.0 Å². The summed E-state index contributed by atoms with van der Waals surface area (Å²) in [5, 5.41) is 1.10. The van der Waals surface area contributed by atoms with Crippen molar-refractivity contribution in [2.24, 2.45) is 0 Å². The molecule has 8 nitrogen and oxygen atoms in total. The monoisotopic (exact) mass is 477 g/mol. The smallest absolute Gasteiger partial charge is 0.276 e. The van der Waals surface area contributed by atoms with Crippen LogP contribution in [-0.2, 0) is 9.59 Å². The second-order valence-electron chi connectivity index (χ2n) is 7.42. The Balaban J connectivity index is 1.72. The molecule has 1 fully saturated rings. The highest BCUT2D eigenvalue weighted by molar-refractivity contribution is 6.36. The zero-order valence-electron chi connectivity index (χ0n) is 18.1. The summed E-state index contributed by atoms with van der Waals surface area (Å²) >= 11 is 6.21. The summed E-state index contributed by atoms with van der Waals surface area (Å²) in [6.45, 7) is 0. The molecule has 1 atom stereocenters. The number of carbonyl (C=O) groups is 4. The largest absolute Gasteiger partial charge is 0.496 e. The highest BCUT2D eigenvalue weighted by Crippen LogP contribution is 2.32. The number of benzene rings is 3. The van der Waals surface area contributed by atoms with E-state index in [1.165, 1.54) is 19.2 Å². The first kappa shape index (κ1) is 23.0. The quantitative estimate of drug-likeness (QED) is 0.448. The van der Waals surface area contributed by atoms with Crippen LogP contribution in [0, 0.1) is 0 Å². The van der Waals surface area contributed by atoms with Crippen molar-refractivity contribution in [3.63, 3.8) is 0 Å². The molecule has 1 aliphatic rings. The molecule has 0 aromatic heterocycles. The van der Waals surface area contributed by atoms with Crippen LogP contribution >= 0.6 is 11.6 Å². The summed E-state index contributed by atoms with van der Waals surface area (Å²) in [4.78, 5) is 53.7. The molecule has 1 heterocycles. The minimum Gasteiger partial charge on any atom is -0.496 e. The second-order valence-corrected chi connectivity index (χ2v) is 7.83. The van der Waals surface area contributed by atoms with Crippen LogP contribution in [0.1, 0.15) is 27.1 Å². The fourth-order valence-electron chi connectivity index (χ4n) is 3.69. The average molecular weight is 478 g/mol. The molecule has 1 N–H and O–H groups in total. The first-order valence-corrected chi connectivity index (χ1v) is 10.7. The van der Waals surface area contributed by atoms with Crippen molar-refractivity contribution in [1.82, 2.24) is 10.4 Å². The highest BCUT2D eigenvalue weighted by atomic mass is 35.5. The summed E-state index contributed by atoms with van der Waals surface area (Å²) in [6, 6.07) is 19.8. The van der Waals surface area contributed by atoms with E-state index in [4.69, 9.17) is 16.3 Å². The first-order valence-electron chi connectivity index (χ1n) is 10.4. The Morgan fingerprint density at radius 2 is 1.62 bits per heavy atom. The summed E-state index contributed by atoms with van der Waals surface area (Å²) in [5.41, 5.74) is 3.13. The van der Waals surface area contributed by atoms with Crippen LogP contribution in [0.15, 0.2) is 78.9 Å². The molecule has 3 aromatic rings. The van der Waals surface area contributed by atoms with Crippen LogP contribution in [0.2, 0.25) is 5.02 Å². The molecular weight excluding hydrogens is 458 g/mol. The number of hydrazine groups is 1. The fraction of sp³-hybridized carbons (Fsp3) is 0.120. The maximum Gasteiger partial charge on any atom is 0.276 e. The van der Waals surface area contributed by atoms with Crippen molar-refractivity contribution in [2.75, 3.05) is 12.0 Å². The van der Waals surface area contributed by atoms with E-state index in [2.05, 4.69) is 5.43 Å². The highest BCUT2D eigenvalue weighted by Gasteiger charge is 2.46. The number of amides is 4. The van der Waals surface area contributed by atoms with Crippen LogP contribution in [0.4, 0.5) is 5.69 Å². The van der Waals surface area contributed by atoms with Crippen molar-refractivity contribution in [3.8, 4) is 5.75 Å². The SMILES string of the molecule is COc1ccccc1C(=O)N(NC(=O)c1ccccc1)[C@@H]1CC(=O)N(c2ccccc2Cl)C1=O. The van der Waals surface area contributed by atoms with E-state index in [1.54, 1.807) is 66.7 Å². The number of carbonyl (C=O) groups excluding carboxylic acids is 4. The van der Waals surface area contributed by atoms with Gasteiger partial charge in [0.05, 0.1) is 29.8 Å². The lowest BCUT2D eigenvalue weighted by Crippen LogP contribution is -2.54. The molecule has 4 amide bonds. The Hall–Kier alpha value is -4.17. The van der Waals surface area contributed by atoms with Gasteiger partial charge in [-0.15, -0.1) is 0 Å². The molecule has 172 valence electrons. The van der Waals surface area contributed by atoms with Gasteiger partial charge in [-0.25, -0.2) is 9.91 Å². The number of methoxy groups -OCH3 is 1. The standard InChI is InChI=1S/C25H20ClN3O5/c1-34-21-14-8-5-11-17(21)24(32)29(27-23(31)16-9-3-2-4-10-16)20-15-22(30)28(25(20)33)19-13-7-6-12-18(19)26/h2-14,20H,15H2,1H3,(H,27,31)/t20-/m1/s1. The second kappa shape index (κ2) is 9.76. The van der Waals surface area contributed by atoms with Gasteiger partial charge in [-0.1, -0.05) is 54.1 Å². The third-order valence-electron chi connectivity index (χ3n) is 5.34. The van der Waals surface area contributed by atoms with Gasteiger partial charge in [-0.3, -0.25) is 24.6 Å². The average Bonchev–Trinajstić information content (AvgIpc) is 3.16. The number of imide groups is 1. The summed E-state index contributed by atoms with van der Waals surface area (Å²) in [5.74, 6) is -2.29. The lowest BCUT2D eigenvalue weighted by molar-refractivity contribution is -0.122. The zero-order valence-corrected chi connectivity index (χ0v) is 18.9. The molecule has 0 aliphatic carbocycles. The molecular formula is C25H20ClN3O5. The maximum absolute atomic E-state index is 13.6. The normalized spacial score (nSPS) is 15.2. The van der Waals surface area contributed by atoms with Crippen molar-refractivity contribution in [1.29, 1.82) is 0 Å². The van der Waals surface area contributed by atoms with Gasteiger partial charge < -0.3 is 4.74 Å². The van der Waals surface area contributed by atoms with Gasteiger partial charge in [0.25, 0.3) is 17.7 Å². The van der Waals surface area contributed by atoms with E-state index in [0.29, 0.717) is 0 Å². The molecule has 1 aliphatic heterocycles. The number of hydrogen-bond donors (Lipinski definition) is 1. The Labute approximate surface area is 200 Å². The molecule has 0 radical (unpaired) electrons. The van der Waals surface area contributed by atoms with Gasteiger partial charge in [0.15, 0.2) is 0 Å². The molecule has 0 bridgehead atoms. The Kier molecular flexibility index (Phi) is 6.60. The van der Waals surface area contributed by atoms with Gasteiger partial charge in [-0.2, -0.15) is 0 Å². The summed E-state index contributed by atoms with van der Waals surface area (Å²) in [6.07, 6.45) is -0.333. The van der Waals surface area contributed by atoms with Crippen LogP contribution in [-0.4, -0.2) is 41.8 Å². The van der Waals surface area contributed by atoms with Gasteiger partial charge in [0.2, 0.25) is 5.91 Å². The van der Waals surface area contributed by atoms with Crippen molar-refractivity contribution in [2.45, 2.75) is 12.5 Å². The molecule has 4 rings (SSSR count). The van der Waals surface area contributed by atoms with Gasteiger partial charge in [0.1, 0.15) is 11.8 Å². The lowest BCUT2D eigenvalue weighted by atomic mass is 10.1. The van der Waals surface area contributed by atoms with E-state index in [9.17, 15) is 19.2 Å². The van der Waals surface area contributed by atoms with Crippen molar-refractivity contribution in [3.05, 3.63) is 95.0 Å². The van der Waals surface area contributed by atoms with E-state index in [1.807, 2.05) is 0 Å². The number of ether oxygens (including phenoxy) is 1. The Morgan fingerprint density at radius 3 is 2.32 bits per heavy atom. The zero-order chi connectivity index (χ0) is 24.2. The third kappa shape index (κ3) is 4.35. The number of halogens is 1. The van der Waals surface area contributed by atoms with Crippen molar-refractivity contribution >= 4 is 40.9 Å². The summed E-state index contributed by atoms with van der Waals surface area (Å²) < 4.78 is 5.28. The minimum atomic E-state index is -1.28. The van der Waals surface area contributed by atoms with Crippen LogP contribution in [0.25, 0.3) is 0 Å². The van der Waals surface area contributed by atoms with Crippen LogP contribution in [0.3, 0.4) is 0 Å². The van der Waals surface area contributed by atoms with E-state index < -0.39 is 29.7 Å². The Morgan fingerprint density at radius 1 is 0.971 bits per heavy atom. The molecule has 34 heavy (non-hydrogen) atoms. The molecule has 0 saturated carbocycles. The number of nitrogens with zero attached hydrogens (tertiary/aromatic N) is 2. The molecule has 0 unspecified atom stereocenters. The minimum absolute atomic E-state index is 0.120. The predicted octanol–water partition coefficient (Wildman–Crippen LogP) is 3.47. The van der Waals surface area contributed by atoms with Gasteiger partial charge >= 0.3 is 0 Å². The first-order chi connectivity index (χ1) is 16.4. The number of rotatable bonds is 5. The van der Waals surface area contributed by atoms with Gasteiger partial charge in [0, 0.05) is 5.56 Å². The molecule has 3 aromatic carbocycles. The van der Waals surface area contributed by atoms with Gasteiger partial charge in [-0.05, 0) is 36.4 Å². The van der Waals surface area contributed by atoms with Crippen LogP contribution in [0.5, 0.6) is 5.75 Å². The Bertz CT molecular complexity index is 1260. The molecule has 0 spiro atoms. The van der Waals surface area contributed by atoms with Crippen molar-refractivity contribution < 1.29 is 23.9 Å². The maximum atomic E-state index is 13.6. The number of nitrogens with one attached hydrogen (secondary N) is 1. The fourth-order valence-corrected chi connectivity index (χ4v) is 3.91. The number of hydrogen-bond acceptors (Lipinski definition) is 5. The predicted molar refractivity (Wildman–Crippen MR) is 125 cm³/mol. The number of anilines is 1. The molecule has 9 heteroatoms. The third-order valence-corrected chi connectivity index (χ3v) is 5.66. The lowest BCUT2D eigenvalue weighted by Gasteiger charge is -2.28. The summed E-state index contributed by atoms with van der Waals surface area (Å²) in [7, 11) is 1.41. The van der Waals surface area contributed by atoms with E-state index in [0.717, 1.165) is 9.91 Å². The number of para-hydroxylation sites is 2. The topological polar surface area (TPSA) is 96.0 Å². The van der Waals surface area contributed by atoms with Crippen LogP contribution < -0.4 is 15.1 Å². The molecule has 1 saturated heterocycles. The van der Waals surface area contributed by atoms with E-state index >= 15 is 0 Å².